The summed E-state index contributed by atoms with van der Waals surface area (Å²) in [5.74, 6) is -0.618. The predicted molar refractivity (Wildman–Crippen MR) is 52.5 cm³/mol. The van der Waals surface area contributed by atoms with Gasteiger partial charge in [0.25, 0.3) is 0 Å². The fourth-order valence-corrected chi connectivity index (χ4v) is 2.36. The number of hydrogen-bond donors (Lipinski definition) is 1. The number of aliphatic carboxylic acids is 1. The molecule has 0 bridgehead atoms. The molecule has 1 atom stereocenters. The van der Waals surface area contributed by atoms with Crippen molar-refractivity contribution in [2.45, 2.75) is 47.5 Å². The molecule has 0 amide bonds. The van der Waals surface area contributed by atoms with Gasteiger partial charge in [-0.05, 0) is 23.7 Å². The van der Waals surface area contributed by atoms with Crippen molar-refractivity contribution >= 4 is 5.97 Å². The molecule has 1 aliphatic carbocycles. The van der Waals surface area contributed by atoms with E-state index in [9.17, 15) is 9.90 Å². The maximum absolute atomic E-state index is 11.2. The average molecular weight is 184 g/mol. The Hall–Kier alpha value is -0.530. The molecule has 1 N–H and O–H groups in total. The fourth-order valence-electron chi connectivity index (χ4n) is 2.36. The van der Waals surface area contributed by atoms with Crippen LogP contribution in [0.2, 0.25) is 0 Å². The minimum Gasteiger partial charge on any atom is -0.481 e. The topological polar surface area (TPSA) is 37.3 Å². The van der Waals surface area contributed by atoms with Crippen molar-refractivity contribution in [1.29, 1.82) is 0 Å². The van der Waals surface area contributed by atoms with Gasteiger partial charge in [0, 0.05) is 0 Å². The van der Waals surface area contributed by atoms with Crippen LogP contribution < -0.4 is 0 Å². The van der Waals surface area contributed by atoms with Crippen LogP contribution in [0, 0.1) is 16.2 Å². The van der Waals surface area contributed by atoms with Gasteiger partial charge in [0.2, 0.25) is 0 Å². The van der Waals surface area contributed by atoms with Crippen LogP contribution in [-0.2, 0) is 4.79 Å². The van der Waals surface area contributed by atoms with E-state index in [1.54, 1.807) is 0 Å². The largest absolute Gasteiger partial charge is 0.481 e. The van der Waals surface area contributed by atoms with Crippen molar-refractivity contribution in [3.05, 3.63) is 0 Å². The van der Waals surface area contributed by atoms with E-state index in [1.807, 2.05) is 13.8 Å². The van der Waals surface area contributed by atoms with Crippen LogP contribution in [0.4, 0.5) is 0 Å². The Morgan fingerprint density at radius 1 is 1.38 bits per heavy atom. The summed E-state index contributed by atoms with van der Waals surface area (Å²) in [6, 6.07) is 0. The quantitative estimate of drug-likeness (QED) is 0.716. The van der Waals surface area contributed by atoms with E-state index >= 15 is 0 Å². The molecule has 0 aromatic rings. The van der Waals surface area contributed by atoms with Crippen LogP contribution in [0.5, 0.6) is 0 Å². The molecule has 1 unspecified atom stereocenters. The summed E-state index contributed by atoms with van der Waals surface area (Å²) in [6.45, 7) is 10.4. The second kappa shape index (κ2) is 2.49. The Morgan fingerprint density at radius 3 is 1.85 bits per heavy atom. The molecule has 0 aliphatic heterocycles. The lowest BCUT2D eigenvalue weighted by Gasteiger charge is -2.25. The highest BCUT2D eigenvalue weighted by Crippen LogP contribution is 2.67. The molecule has 1 fully saturated rings. The molecule has 1 aliphatic rings. The summed E-state index contributed by atoms with van der Waals surface area (Å²) in [7, 11) is 0. The molecule has 0 radical (unpaired) electrons. The van der Waals surface area contributed by atoms with E-state index in [0.29, 0.717) is 0 Å². The standard InChI is InChI=1S/C11H20O2/c1-9(2,3)6-11(8(12)13)7-10(11,4)5/h6-7H2,1-5H3,(H,12,13). The Bertz CT molecular complexity index is 235. The smallest absolute Gasteiger partial charge is 0.310 e. The Kier molecular flexibility index (Phi) is 2.02. The molecule has 76 valence electrons. The van der Waals surface area contributed by atoms with E-state index < -0.39 is 11.4 Å². The summed E-state index contributed by atoms with van der Waals surface area (Å²) in [5.41, 5.74) is -0.358. The summed E-state index contributed by atoms with van der Waals surface area (Å²) >= 11 is 0. The second-order valence-electron chi connectivity index (χ2n) is 6.19. The molecule has 0 saturated heterocycles. The van der Waals surface area contributed by atoms with E-state index in [4.69, 9.17) is 0 Å². The molecule has 0 aromatic heterocycles. The monoisotopic (exact) mass is 184 g/mol. The summed E-state index contributed by atoms with van der Waals surface area (Å²) < 4.78 is 0. The lowest BCUT2D eigenvalue weighted by atomic mass is 9.79. The van der Waals surface area contributed by atoms with Gasteiger partial charge >= 0.3 is 5.97 Å². The third-order valence-corrected chi connectivity index (χ3v) is 3.16. The molecule has 0 aromatic carbocycles. The van der Waals surface area contributed by atoms with Gasteiger partial charge in [0.15, 0.2) is 0 Å². The summed E-state index contributed by atoms with van der Waals surface area (Å²) in [4.78, 5) is 11.2. The number of carboxylic acids is 1. The first-order valence-electron chi connectivity index (χ1n) is 4.84. The highest BCUT2D eigenvalue weighted by molar-refractivity contribution is 5.79. The van der Waals surface area contributed by atoms with Gasteiger partial charge in [-0.3, -0.25) is 4.79 Å². The van der Waals surface area contributed by atoms with E-state index in [-0.39, 0.29) is 10.8 Å². The zero-order valence-corrected chi connectivity index (χ0v) is 9.27. The van der Waals surface area contributed by atoms with Crippen LogP contribution in [-0.4, -0.2) is 11.1 Å². The van der Waals surface area contributed by atoms with Gasteiger partial charge in [-0.2, -0.15) is 0 Å². The van der Waals surface area contributed by atoms with E-state index in [1.165, 1.54) is 0 Å². The Morgan fingerprint density at radius 2 is 1.77 bits per heavy atom. The second-order valence-corrected chi connectivity index (χ2v) is 6.19. The molecule has 1 saturated carbocycles. The minimum atomic E-state index is -0.618. The summed E-state index contributed by atoms with van der Waals surface area (Å²) in [5, 5.41) is 9.20. The highest BCUT2D eigenvalue weighted by atomic mass is 16.4. The molecule has 13 heavy (non-hydrogen) atoms. The normalized spacial score (nSPS) is 31.5. The lowest BCUT2D eigenvalue weighted by Crippen LogP contribution is -2.26. The fraction of sp³-hybridized carbons (Fsp3) is 0.909. The van der Waals surface area contributed by atoms with Crippen molar-refractivity contribution in [3.8, 4) is 0 Å². The zero-order chi connectivity index (χ0) is 10.5. The van der Waals surface area contributed by atoms with Gasteiger partial charge in [-0.25, -0.2) is 0 Å². The van der Waals surface area contributed by atoms with Crippen molar-refractivity contribution in [1.82, 2.24) is 0 Å². The van der Waals surface area contributed by atoms with Crippen molar-refractivity contribution in [3.63, 3.8) is 0 Å². The Balaban J connectivity index is 2.81. The highest BCUT2D eigenvalue weighted by Gasteiger charge is 2.67. The van der Waals surface area contributed by atoms with Crippen LogP contribution in [0.1, 0.15) is 47.5 Å². The maximum atomic E-state index is 11.2. The molecular formula is C11H20O2. The summed E-state index contributed by atoms with van der Waals surface area (Å²) in [6.07, 6.45) is 1.61. The van der Waals surface area contributed by atoms with E-state index in [2.05, 4.69) is 20.8 Å². The lowest BCUT2D eigenvalue weighted by molar-refractivity contribution is -0.146. The molecule has 1 rings (SSSR count). The third-order valence-electron chi connectivity index (χ3n) is 3.16. The zero-order valence-electron chi connectivity index (χ0n) is 9.27. The van der Waals surface area contributed by atoms with Crippen LogP contribution in [0.15, 0.2) is 0 Å². The first-order chi connectivity index (χ1) is 5.61. The Labute approximate surface area is 80.3 Å². The SMILES string of the molecule is CC(C)(C)CC1(C(=O)O)CC1(C)C. The van der Waals surface area contributed by atoms with Crippen molar-refractivity contribution in [2.75, 3.05) is 0 Å². The molecule has 2 nitrogen and oxygen atoms in total. The molecule has 0 spiro atoms. The van der Waals surface area contributed by atoms with Gasteiger partial charge in [0.05, 0.1) is 5.41 Å². The van der Waals surface area contributed by atoms with Crippen molar-refractivity contribution < 1.29 is 9.90 Å². The van der Waals surface area contributed by atoms with Crippen LogP contribution >= 0.6 is 0 Å². The van der Waals surface area contributed by atoms with Gasteiger partial charge in [0.1, 0.15) is 0 Å². The minimum absolute atomic E-state index is 0.00782. The molecule has 2 heteroatoms. The number of hydrogen-bond acceptors (Lipinski definition) is 1. The third kappa shape index (κ3) is 1.72. The first-order valence-corrected chi connectivity index (χ1v) is 4.84. The number of carboxylic acid groups (broad SMARTS) is 1. The van der Waals surface area contributed by atoms with Crippen LogP contribution in [0.3, 0.4) is 0 Å². The van der Waals surface area contributed by atoms with Gasteiger partial charge < -0.3 is 5.11 Å². The average Bonchev–Trinajstić information content (AvgIpc) is 2.30. The molecular weight excluding hydrogens is 164 g/mol. The van der Waals surface area contributed by atoms with Crippen molar-refractivity contribution in [2.24, 2.45) is 16.2 Å². The predicted octanol–water partition coefficient (Wildman–Crippen LogP) is 2.92. The first kappa shape index (κ1) is 10.6. The van der Waals surface area contributed by atoms with Crippen LogP contribution in [0.25, 0.3) is 0 Å². The van der Waals surface area contributed by atoms with E-state index in [0.717, 1.165) is 12.8 Å². The number of carbonyl (C=O) groups is 1. The van der Waals surface area contributed by atoms with Gasteiger partial charge in [-0.1, -0.05) is 34.6 Å². The number of rotatable bonds is 2. The maximum Gasteiger partial charge on any atom is 0.310 e. The van der Waals surface area contributed by atoms with Gasteiger partial charge in [-0.15, -0.1) is 0 Å². The molecule has 0 heterocycles.